The van der Waals surface area contributed by atoms with Crippen molar-refractivity contribution in [2.75, 3.05) is 0 Å². The molecule has 1 aromatic carbocycles. The third-order valence-corrected chi connectivity index (χ3v) is 3.32. The zero-order valence-electron chi connectivity index (χ0n) is 9.99. The highest BCUT2D eigenvalue weighted by Gasteiger charge is 2.22. The van der Waals surface area contributed by atoms with Crippen molar-refractivity contribution in [2.24, 2.45) is 0 Å². The number of carbonyl (C=O) groups is 1. The predicted octanol–water partition coefficient (Wildman–Crippen LogP) is 3.14. The summed E-state index contributed by atoms with van der Waals surface area (Å²) >= 11 is 0. The van der Waals surface area contributed by atoms with E-state index in [1.165, 1.54) is 6.07 Å². The zero-order valence-corrected chi connectivity index (χ0v) is 9.99. The molecule has 0 spiro atoms. The van der Waals surface area contributed by atoms with E-state index in [4.69, 9.17) is 4.74 Å². The van der Waals surface area contributed by atoms with E-state index in [0.717, 1.165) is 25.5 Å². The summed E-state index contributed by atoms with van der Waals surface area (Å²) in [6.45, 7) is 2.06. The van der Waals surface area contributed by atoms with Crippen molar-refractivity contribution in [1.29, 1.82) is 0 Å². The minimum Gasteiger partial charge on any atom is -0.375 e. The van der Waals surface area contributed by atoms with Gasteiger partial charge in [-0.15, -0.1) is 0 Å². The molecule has 1 aromatic rings. The van der Waals surface area contributed by atoms with Crippen LogP contribution in [0.15, 0.2) is 18.2 Å². The van der Waals surface area contributed by atoms with Gasteiger partial charge in [-0.3, -0.25) is 4.79 Å². The Hall–Kier alpha value is -1.22. The van der Waals surface area contributed by atoms with E-state index >= 15 is 0 Å². The first kappa shape index (κ1) is 12.2. The third-order valence-electron chi connectivity index (χ3n) is 3.32. The third kappa shape index (κ3) is 2.91. The first-order chi connectivity index (χ1) is 8.20. The largest absolute Gasteiger partial charge is 0.375 e. The van der Waals surface area contributed by atoms with Crippen molar-refractivity contribution in [3.8, 4) is 0 Å². The van der Waals surface area contributed by atoms with E-state index in [0.29, 0.717) is 23.7 Å². The number of benzene rings is 1. The zero-order chi connectivity index (χ0) is 12.3. The highest BCUT2D eigenvalue weighted by molar-refractivity contribution is 5.77. The van der Waals surface area contributed by atoms with Crippen molar-refractivity contribution in [2.45, 2.75) is 44.8 Å². The molecule has 2 atom stereocenters. The van der Waals surface area contributed by atoms with Crippen LogP contribution >= 0.6 is 0 Å². The molecule has 17 heavy (non-hydrogen) atoms. The summed E-state index contributed by atoms with van der Waals surface area (Å²) in [7, 11) is 0. The van der Waals surface area contributed by atoms with E-state index in [1.807, 2.05) is 0 Å². The average Bonchev–Trinajstić information content (AvgIpc) is 2.73. The fourth-order valence-electron chi connectivity index (χ4n) is 2.35. The molecule has 0 aliphatic carbocycles. The van der Waals surface area contributed by atoms with E-state index in [-0.39, 0.29) is 11.9 Å². The van der Waals surface area contributed by atoms with Crippen LogP contribution in [0, 0.1) is 5.82 Å². The lowest BCUT2D eigenvalue weighted by Crippen LogP contribution is -2.10. The maximum absolute atomic E-state index is 13.6. The lowest BCUT2D eigenvalue weighted by atomic mass is 10.00. The van der Waals surface area contributed by atoms with Crippen molar-refractivity contribution >= 4 is 6.29 Å². The average molecular weight is 236 g/mol. The van der Waals surface area contributed by atoms with Crippen LogP contribution in [0.5, 0.6) is 0 Å². The van der Waals surface area contributed by atoms with E-state index in [9.17, 15) is 9.18 Å². The summed E-state index contributed by atoms with van der Waals surface area (Å²) in [5, 5.41) is 0. The molecule has 1 fully saturated rings. The Bertz CT molecular complexity index is 403. The van der Waals surface area contributed by atoms with Gasteiger partial charge in [0.15, 0.2) is 0 Å². The first-order valence-corrected chi connectivity index (χ1v) is 6.08. The second kappa shape index (κ2) is 5.41. The van der Waals surface area contributed by atoms with Gasteiger partial charge in [-0.2, -0.15) is 0 Å². The molecule has 1 saturated heterocycles. The van der Waals surface area contributed by atoms with E-state index < -0.39 is 0 Å². The minimum atomic E-state index is -0.291. The lowest BCUT2D eigenvalue weighted by Gasteiger charge is -2.12. The van der Waals surface area contributed by atoms with Gasteiger partial charge in [0.1, 0.15) is 12.1 Å². The maximum Gasteiger partial charge on any atom is 0.150 e. The van der Waals surface area contributed by atoms with Gasteiger partial charge < -0.3 is 4.74 Å². The van der Waals surface area contributed by atoms with Gasteiger partial charge in [0, 0.05) is 5.56 Å². The van der Waals surface area contributed by atoms with E-state index in [1.54, 1.807) is 12.1 Å². The van der Waals surface area contributed by atoms with Gasteiger partial charge in [0.05, 0.1) is 12.2 Å². The molecule has 0 amide bonds. The summed E-state index contributed by atoms with van der Waals surface area (Å²) in [4.78, 5) is 10.8. The smallest absolute Gasteiger partial charge is 0.150 e. The Morgan fingerprint density at radius 2 is 2.29 bits per heavy atom. The molecule has 1 heterocycles. The van der Waals surface area contributed by atoms with Gasteiger partial charge in [-0.1, -0.05) is 12.1 Å². The number of ether oxygens (including phenoxy) is 1. The van der Waals surface area contributed by atoms with Crippen molar-refractivity contribution < 1.29 is 13.9 Å². The van der Waals surface area contributed by atoms with Crippen LogP contribution in [0.25, 0.3) is 0 Å². The fourth-order valence-corrected chi connectivity index (χ4v) is 2.35. The maximum atomic E-state index is 13.6. The van der Waals surface area contributed by atoms with E-state index in [2.05, 4.69) is 6.92 Å². The van der Waals surface area contributed by atoms with Crippen molar-refractivity contribution in [1.82, 2.24) is 0 Å². The molecular weight excluding hydrogens is 219 g/mol. The monoisotopic (exact) mass is 236 g/mol. The lowest BCUT2D eigenvalue weighted by molar-refractivity contribution is 0.0511. The molecule has 0 radical (unpaired) electrons. The molecule has 92 valence electrons. The molecule has 1 aliphatic heterocycles. The standard InChI is InChI=1S/C14H17FO2/c1-10-5-6-12(17-10)7-8-13-11(9-16)3-2-4-14(13)15/h2-4,9-10,12H,5-8H2,1H3. The number of carbonyl (C=O) groups excluding carboxylic acids is 1. The Morgan fingerprint density at radius 3 is 2.94 bits per heavy atom. The van der Waals surface area contributed by atoms with Gasteiger partial charge in [0.2, 0.25) is 0 Å². The van der Waals surface area contributed by atoms with Gasteiger partial charge in [-0.25, -0.2) is 4.39 Å². The second-order valence-electron chi connectivity index (χ2n) is 4.61. The molecule has 2 unspecified atom stereocenters. The van der Waals surface area contributed by atoms with Gasteiger partial charge in [0.25, 0.3) is 0 Å². The number of aldehydes is 1. The molecule has 0 N–H and O–H groups in total. The predicted molar refractivity (Wildman–Crippen MR) is 63.7 cm³/mol. The molecule has 0 saturated carbocycles. The summed E-state index contributed by atoms with van der Waals surface area (Å²) < 4.78 is 19.3. The van der Waals surface area contributed by atoms with Gasteiger partial charge >= 0.3 is 0 Å². The molecule has 3 heteroatoms. The van der Waals surface area contributed by atoms with Crippen LogP contribution < -0.4 is 0 Å². The Labute approximate surface area is 101 Å². The molecule has 0 bridgehead atoms. The van der Waals surface area contributed by atoms with Crippen LogP contribution in [0.1, 0.15) is 42.1 Å². The highest BCUT2D eigenvalue weighted by Crippen LogP contribution is 2.24. The highest BCUT2D eigenvalue weighted by atomic mass is 19.1. The fraction of sp³-hybridized carbons (Fsp3) is 0.500. The summed E-state index contributed by atoms with van der Waals surface area (Å²) in [5.41, 5.74) is 0.974. The Morgan fingerprint density at radius 1 is 1.47 bits per heavy atom. The Balaban J connectivity index is 2.01. The normalized spacial score (nSPS) is 23.9. The van der Waals surface area contributed by atoms with Crippen LogP contribution in [-0.4, -0.2) is 18.5 Å². The number of halogens is 1. The SMILES string of the molecule is CC1CCC(CCc2c(F)cccc2C=O)O1. The van der Waals surface area contributed by atoms with Crippen LogP contribution in [0.4, 0.5) is 4.39 Å². The number of hydrogen-bond acceptors (Lipinski definition) is 2. The first-order valence-electron chi connectivity index (χ1n) is 6.08. The molecule has 2 rings (SSSR count). The van der Waals surface area contributed by atoms with Crippen LogP contribution in [0.3, 0.4) is 0 Å². The minimum absolute atomic E-state index is 0.212. The van der Waals surface area contributed by atoms with Crippen LogP contribution in [0.2, 0.25) is 0 Å². The number of hydrogen-bond donors (Lipinski definition) is 0. The number of rotatable bonds is 4. The topological polar surface area (TPSA) is 26.3 Å². The molecule has 0 aromatic heterocycles. The summed E-state index contributed by atoms with van der Waals surface area (Å²) in [6, 6.07) is 4.63. The van der Waals surface area contributed by atoms with Gasteiger partial charge in [-0.05, 0) is 44.2 Å². The van der Waals surface area contributed by atoms with Crippen molar-refractivity contribution in [3.63, 3.8) is 0 Å². The second-order valence-corrected chi connectivity index (χ2v) is 4.61. The van der Waals surface area contributed by atoms with Crippen molar-refractivity contribution in [3.05, 3.63) is 35.1 Å². The summed E-state index contributed by atoms with van der Waals surface area (Å²) in [6.07, 6.45) is 4.70. The Kier molecular flexibility index (Phi) is 3.89. The molecule has 1 aliphatic rings. The quantitative estimate of drug-likeness (QED) is 0.751. The van der Waals surface area contributed by atoms with Crippen LogP contribution in [-0.2, 0) is 11.2 Å². The summed E-state index contributed by atoms with van der Waals surface area (Å²) in [5.74, 6) is -0.291. The molecular formula is C14H17FO2. The molecule has 2 nitrogen and oxygen atoms in total.